The molecule has 4 heteroatoms. The number of nitrogens with zero attached hydrogens (tertiary/aromatic N) is 1. The lowest BCUT2D eigenvalue weighted by molar-refractivity contribution is 0.310. The maximum atomic E-state index is 13.6. The van der Waals surface area contributed by atoms with Gasteiger partial charge in [0.15, 0.2) is 0 Å². The summed E-state index contributed by atoms with van der Waals surface area (Å²) in [6.07, 6.45) is 1.91. The number of pyridine rings is 1. The number of aromatic nitrogens is 1. The van der Waals surface area contributed by atoms with Crippen molar-refractivity contribution in [3.63, 3.8) is 0 Å². The van der Waals surface area contributed by atoms with Crippen LogP contribution in [-0.2, 0) is 19.6 Å². The molecule has 3 nitrogen and oxygen atoms in total. The molecular formula is C26H22FNO2. The van der Waals surface area contributed by atoms with Crippen LogP contribution in [0.25, 0.3) is 22.0 Å². The quantitative estimate of drug-likeness (QED) is 0.445. The number of hydrogen-bond acceptors (Lipinski definition) is 2. The van der Waals surface area contributed by atoms with E-state index in [9.17, 15) is 9.18 Å². The molecule has 0 spiro atoms. The third-order valence-corrected chi connectivity index (χ3v) is 5.72. The fraction of sp³-hybridized carbons (Fsp3) is 0.192. The third kappa shape index (κ3) is 3.18. The van der Waals surface area contributed by atoms with Crippen molar-refractivity contribution >= 4 is 10.9 Å². The van der Waals surface area contributed by atoms with Gasteiger partial charge in [-0.15, -0.1) is 0 Å². The van der Waals surface area contributed by atoms with Gasteiger partial charge in [-0.3, -0.25) is 4.79 Å². The summed E-state index contributed by atoms with van der Waals surface area (Å²) in [4.78, 5) is 13.6. The van der Waals surface area contributed by atoms with Crippen LogP contribution in [0.4, 0.5) is 4.39 Å². The van der Waals surface area contributed by atoms with E-state index in [-0.39, 0.29) is 18.0 Å². The molecule has 0 aliphatic carbocycles. The predicted octanol–water partition coefficient (Wildman–Crippen LogP) is 5.64. The molecular weight excluding hydrogens is 377 g/mol. The molecule has 5 rings (SSSR count). The van der Waals surface area contributed by atoms with Crippen LogP contribution >= 0.6 is 0 Å². The van der Waals surface area contributed by atoms with Crippen LogP contribution < -0.4 is 10.3 Å². The van der Waals surface area contributed by atoms with Gasteiger partial charge in [-0.05, 0) is 60.2 Å². The lowest BCUT2D eigenvalue weighted by Gasteiger charge is -2.24. The molecule has 2 heterocycles. The normalized spacial score (nSPS) is 12.9. The molecule has 0 N–H and O–H groups in total. The van der Waals surface area contributed by atoms with Gasteiger partial charge in [0, 0.05) is 11.9 Å². The van der Waals surface area contributed by atoms with Gasteiger partial charge in [0.1, 0.15) is 18.2 Å². The highest BCUT2D eigenvalue weighted by Gasteiger charge is 2.23. The largest absolute Gasteiger partial charge is 0.487 e. The van der Waals surface area contributed by atoms with E-state index in [4.69, 9.17) is 4.74 Å². The van der Waals surface area contributed by atoms with Crippen molar-refractivity contribution in [2.24, 2.45) is 0 Å². The monoisotopic (exact) mass is 399 g/mol. The van der Waals surface area contributed by atoms with Crippen molar-refractivity contribution < 1.29 is 9.13 Å². The Morgan fingerprint density at radius 1 is 1.03 bits per heavy atom. The van der Waals surface area contributed by atoms with Crippen molar-refractivity contribution in [2.45, 2.75) is 32.9 Å². The van der Waals surface area contributed by atoms with E-state index in [1.807, 2.05) is 34.9 Å². The highest BCUT2D eigenvalue weighted by molar-refractivity contribution is 5.95. The van der Waals surface area contributed by atoms with Crippen LogP contribution in [0.15, 0.2) is 71.5 Å². The summed E-state index contributed by atoms with van der Waals surface area (Å²) < 4.78 is 21.5. The number of rotatable bonds is 4. The van der Waals surface area contributed by atoms with Gasteiger partial charge in [0.25, 0.3) is 5.56 Å². The van der Waals surface area contributed by atoms with Gasteiger partial charge in [-0.1, -0.05) is 48.5 Å². The van der Waals surface area contributed by atoms with E-state index in [0.29, 0.717) is 17.9 Å². The maximum Gasteiger partial charge on any atom is 0.262 e. The first kappa shape index (κ1) is 18.6. The van der Waals surface area contributed by atoms with Crippen molar-refractivity contribution in [1.29, 1.82) is 0 Å². The summed E-state index contributed by atoms with van der Waals surface area (Å²) >= 11 is 0. The van der Waals surface area contributed by atoms with E-state index in [1.54, 1.807) is 12.1 Å². The number of hydrogen-bond donors (Lipinski definition) is 0. The summed E-state index contributed by atoms with van der Waals surface area (Å²) in [6, 6.07) is 20.2. The lowest BCUT2D eigenvalue weighted by atomic mass is 9.95. The first-order valence-corrected chi connectivity index (χ1v) is 10.2. The summed E-state index contributed by atoms with van der Waals surface area (Å²) in [5.74, 6) is 0.327. The highest BCUT2D eigenvalue weighted by Crippen LogP contribution is 2.38. The third-order valence-electron chi connectivity index (χ3n) is 5.72. The average Bonchev–Trinajstić information content (AvgIpc) is 2.76. The fourth-order valence-electron chi connectivity index (χ4n) is 4.39. The zero-order valence-electron chi connectivity index (χ0n) is 16.8. The molecule has 0 saturated heterocycles. The van der Waals surface area contributed by atoms with Crippen LogP contribution in [0.2, 0.25) is 0 Å². The van der Waals surface area contributed by atoms with E-state index in [1.165, 1.54) is 17.7 Å². The van der Waals surface area contributed by atoms with Gasteiger partial charge in [-0.2, -0.15) is 0 Å². The smallest absolute Gasteiger partial charge is 0.262 e. The molecule has 0 fully saturated rings. The fourth-order valence-corrected chi connectivity index (χ4v) is 4.39. The first-order valence-electron chi connectivity index (χ1n) is 10.2. The Morgan fingerprint density at radius 2 is 1.80 bits per heavy atom. The second-order valence-electron chi connectivity index (χ2n) is 7.87. The number of ether oxygens (including phenoxy) is 1. The van der Waals surface area contributed by atoms with E-state index in [2.05, 4.69) is 19.1 Å². The maximum absolute atomic E-state index is 13.6. The minimum Gasteiger partial charge on any atom is -0.487 e. The van der Waals surface area contributed by atoms with Crippen molar-refractivity contribution in [3.05, 3.63) is 99.6 Å². The predicted molar refractivity (Wildman–Crippen MR) is 117 cm³/mol. The lowest BCUT2D eigenvalue weighted by Crippen LogP contribution is -2.27. The molecule has 0 saturated carbocycles. The molecule has 0 radical (unpaired) electrons. The van der Waals surface area contributed by atoms with E-state index < -0.39 is 0 Å². The van der Waals surface area contributed by atoms with Crippen molar-refractivity contribution in [1.82, 2.24) is 4.57 Å². The minimum atomic E-state index is -0.279. The average molecular weight is 399 g/mol. The topological polar surface area (TPSA) is 31.2 Å². The molecule has 4 aromatic rings. The molecule has 3 aromatic carbocycles. The Bertz CT molecular complexity index is 1290. The summed E-state index contributed by atoms with van der Waals surface area (Å²) in [5, 5.41) is 0.963. The Morgan fingerprint density at radius 3 is 2.57 bits per heavy atom. The Kier molecular flexibility index (Phi) is 4.62. The molecule has 0 unspecified atom stereocenters. The van der Waals surface area contributed by atoms with Crippen LogP contribution in [0.3, 0.4) is 0 Å². The Balaban J connectivity index is 1.76. The SMILES string of the molecule is Cc1cc2c3c(c1)c(OCc1ccc(F)cc1)c(-c1ccccc1)c(=O)n3CCC2. The molecule has 1 aromatic heterocycles. The van der Waals surface area contributed by atoms with Gasteiger partial charge < -0.3 is 9.30 Å². The first-order chi connectivity index (χ1) is 14.6. The van der Waals surface area contributed by atoms with E-state index >= 15 is 0 Å². The Hall–Kier alpha value is -3.40. The molecule has 0 atom stereocenters. The van der Waals surface area contributed by atoms with Crippen molar-refractivity contribution in [2.75, 3.05) is 0 Å². The molecule has 1 aliphatic rings. The van der Waals surface area contributed by atoms with Crippen LogP contribution in [0.5, 0.6) is 5.75 Å². The molecule has 150 valence electrons. The summed E-state index contributed by atoms with van der Waals surface area (Å²) in [7, 11) is 0. The second-order valence-corrected chi connectivity index (χ2v) is 7.87. The van der Waals surface area contributed by atoms with Crippen LogP contribution in [0, 0.1) is 12.7 Å². The number of aryl methyl sites for hydroxylation is 3. The standard InChI is InChI=1S/C26H22FNO2/c1-17-14-20-8-5-13-28-24(20)22(15-17)25(30-16-18-9-11-21(27)12-10-18)23(26(28)29)19-6-3-2-4-7-19/h2-4,6-7,9-12,14-15H,5,8,13,16H2,1H3. The Labute approximate surface area is 174 Å². The molecule has 0 amide bonds. The van der Waals surface area contributed by atoms with Crippen LogP contribution in [0.1, 0.15) is 23.1 Å². The zero-order valence-corrected chi connectivity index (χ0v) is 16.8. The highest BCUT2D eigenvalue weighted by atomic mass is 19.1. The molecule has 1 aliphatic heterocycles. The molecule has 30 heavy (non-hydrogen) atoms. The van der Waals surface area contributed by atoms with E-state index in [0.717, 1.165) is 40.4 Å². The number of halogens is 1. The number of benzene rings is 3. The minimum absolute atomic E-state index is 0.0207. The van der Waals surface area contributed by atoms with Crippen LogP contribution in [-0.4, -0.2) is 4.57 Å². The van der Waals surface area contributed by atoms with Gasteiger partial charge in [0.05, 0.1) is 11.1 Å². The van der Waals surface area contributed by atoms with Gasteiger partial charge >= 0.3 is 0 Å². The van der Waals surface area contributed by atoms with Gasteiger partial charge in [-0.25, -0.2) is 4.39 Å². The zero-order chi connectivity index (χ0) is 20.7. The molecule has 0 bridgehead atoms. The summed E-state index contributed by atoms with van der Waals surface area (Å²) in [6.45, 7) is 3.05. The van der Waals surface area contributed by atoms with Gasteiger partial charge in [0.2, 0.25) is 0 Å². The van der Waals surface area contributed by atoms with Crippen molar-refractivity contribution in [3.8, 4) is 16.9 Å². The summed E-state index contributed by atoms with van der Waals surface area (Å²) in [5.41, 5.74) is 5.58. The second kappa shape index (κ2) is 7.45.